The van der Waals surface area contributed by atoms with Crippen LogP contribution in [0.5, 0.6) is 5.75 Å². The van der Waals surface area contributed by atoms with Crippen LogP contribution in [0.25, 0.3) is 22.3 Å². The Bertz CT molecular complexity index is 920. The Kier molecular flexibility index (Phi) is 6.23. The van der Waals surface area contributed by atoms with Crippen LogP contribution in [0.15, 0.2) is 51.7 Å². The molecule has 132 valence electrons. The van der Waals surface area contributed by atoms with Crippen molar-refractivity contribution in [1.29, 1.82) is 0 Å². The van der Waals surface area contributed by atoms with Crippen molar-refractivity contribution in [3.8, 4) is 17.1 Å². The molecule has 0 aliphatic heterocycles. The number of fused-ring (bicyclic) bond motifs is 1. The van der Waals surface area contributed by atoms with Gasteiger partial charge in [-0.1, -0.05) is 44.2 Å². The quantitative estimate of drug-likeness (QED) is 0.714. The van der Waals surface area contributed by atoms with Crippen molar-refractivity contribution in [2.45, 2.75) is 26.8 Å². The molecule has 0 aliphatic rings. The summed E-state index contributed by atoms with van der Waals surface area (Å²) in [7, 11) is 0. The maximum atomic E-state index is 12.9. The van der Waals surface area contributed by atoms with E-state index in [0.29, 0.717) is 40.8 Å². The maximum Gasteiger partial charge on any atom is 0.196 e. The van der Waals surface area contributed by atoms with E-state index in [4.69, 9.17) is 4.42 Å². The van der Waals surface area contributed by atoms with E-state index >= 15 is 0 Å². The highest BCUT2D eigenvalue weighted by Gasteiger charge is 2.18. The van der Waals surface area contributed by atoms with Gasteiger partial charge in [0.15, 0.2) is 5.43 Å². The lowest BCUT2D eigenvalue weighted by Crippen LogP contribution is -2.15. The molecule has 3 rings (SSSR count). The van der Waals surface area contributed by atoms with Crippen molar-refractivity contribution in [2.75, 3.05) is 6.54 Å². The van der Waals surface area contributed by atoms with Gasteiger partial charge in [0.25, 0.3) is 0 Å². The summed E-state index contributed by atoms with van der Waals surface area (Å²) in [6, 6.07) is 12.8. The number of phenolic OH excluding ortho intramolecular Hbond substituents is 1. The van der Waals surface area contributed by atoms with Gasteiger partial charge in [-0.05, 0) is 25.1 Å². The molecule has 1 heterocycles. The zero-order valence-electron chi connectivity index (χ0n) is 14.3. The van der Waals surface area contributed by atoms with Crippen LogP contribution in [0.2, 0.25) is 0 Å². The molecule has 0 amide bonds. The van der Waals surface area contributed by atoms with E-state index in [1.165, 1.54) is 0 Å². The lowest BCUT2D eigenvalue weighted by Gasteiger charge is -2.13. The normalized spacial score (nSPS) is 10.6. The number of rotatable bonds is 5. The van der Waals surface area contributed by atoms with Crippen LogP contribution in [-0.4, -0.2) is 11.7 Å². The predicted octanol–water partition coefficient (Wildman–Crippen LogP) is 4.26. The van der Waals surface area contributed by atoms with E-state index in [0.717, 1.165) is 12.1 Å². The summed E-state index contributed by atoms with van der Waals surface area (Å²) in [5.74, 6) is 0.716. The smallest absolute Gasteiger partial charge is 0.196 e. The fourth-order valence-electron chi connectivity index (χ4n) is 2.91. The van der Waals surface area contributed by atoms with Crippen LogP contribution in [0.3, 0.4) is 0 Å². The molecule has 25 heavy (non-hydrogen) atoms. The first-order valence-electron chi connectivity index (χ1n) is 8.24. The average molecular weight is 360 g/mol. The van der Waals surface area contributed by atoms with Crippen LogP contribution in [0.4, 0.5) is 0 Å². The largest absolute Gasteiger partial charge is 0.507 e. The molecule has 3 aromatic rings. The second-order valence-corrected chi connectivity index (χ2v) is 5.68. The Morgan fingerprint density at radius 3 is 2.40 bits per heavy atom. The topological polar surface area (TPSA) is 62.5 Å². The third-order valence-corrected chi connectivity index (χ3v) is 4.17. The maximum absolute atomic E-state index is 12.9. The molecule has 2 aromatic carbocycles. The van der Waals surface area contributed by atoms with Gasteiger partial charge in [0.2, 0.25) is 0 Å². The molecular formula is C20H22ClNO3. The molecule has 1 aromatic heterocycles. The Morgan fingerprint density at radius 2 is 1.76 bits per heavy atom. The molecule has 0 atom stereocenters. The summed E-state index contributed by atoms with van der Waals surface area (Å²) >= 11 is 0. The highest BCUT2D eigenvalue weighted by molar-refractivity contribution is 5.85. The number of hydrogen-bond donors (Lipinski definition) is 2. The van der Waals surface area contributed by atoms with Crippen LogP contribution in [0, 0.1) is 0 Å². The predicted molar refractivity (Wildman–Crippen MR) is 104 cm³/mol. The number of aromatic hydroxyl groups is 1. The first kappa shape index (κ1) is 19.0. The fourth-order valence-corrected chi connectivity index (χ4v) is 2.91. The minimum absolute atomic E-state index is 0. The van der Waals surface area contributed by atoms with Gasteiger partial charge < -0.3 is 14.8 Å². The van der Waals surface area contributed by atoms with E-state index < -0.39 is 0 Å². The second kappa shape index (κ2) is 8.19. The molecule has 0 spiro atoms. The van der Waals surface area contributed by atoms with Gasteiger partial charge in [-0.25, -0.2) is 0 Å². The summed E-state index contributed by atoms with van der Waals surface area (Å²) in [5.41, 5.74) is 2.57. The summed E-state index contributed by atoms with van der Waals surface area (Å²) < 4.78 is 6.16. The summed E-state index contributed by atoms with van der Waals surface area (Å²) in [6.07, 6.45) is 0.589. The number of phenols is 1. The SMILES string of the molecule is CCNCc1c(O)ccc2c(=O)c(CC)c(-c3ccccc3)oc12.Cl. The van der Waals surface area contributed by atoms with Gasteiger partial charge in [0.05, 0.1) is 10.9 Å². The Morgan fingerprint density at radius 1 is 1.04 bits per heavy atom. The van der Waals surface area contributed by atoms with Crippen molar-refractivity contribution in [1.82, 2.24) is 5.32 Å². The number of halogens is 1. The molecule has 0 unspecified atom stereocenters. The summed E-state index contributed by atoms with van der Waals surface area (Å²) in [5, 5.41) is 13.9. The molecule has 0 aliphatic carbocycles. The van der Waals surface area contributed by atoms with Crippen LogP contribution >= 0.6 is 12.4 Å². The van der Waals surface area contributed by atoms with E-state index in [9.17, 15) is 9.90 Å². The second-order valence-electron chi connectivity index (χ2n) is 5.68. The molecule has 0 saturated heterocycles. The first-order chi connectivity index (χ1) is 11.7. The molecule has 0 saturated carbocycles. The van der Waals surface area contributed by atoms with Crippen LogP contribution in [-0.2, 0) is 13.0 Å². The average Bonchev–Trinajstić information content (AvgIpc) is 2.61. The van der Waals surface area contributed by atoms with Crippen molar-refractivity contribution in [3.05, 3.63) is 63.8 Å². The first-order valence-corrected chi connectivity index (χ1v) is 8.24. The minimum atomic E-state index is -0.0321. The van der Waals surface area contributed by atoms with Gasteiger partial charge in [0, 0.05) is 17.7 Å². The molecular weight excluding hydrogens is 338 g/mol. The standard InChI is InChI=1S/C20H21NO3.ClH/c1-3-14-18(23)15-10-11-17(22)16(12-21-4-2)20(15)24-19(14)13-8-6-5-7-9-13;/h5-11,21-22H,3-4,12H2,1-2H3;1H. The summed E-state index contributed by atoms with van der Waals surface area (Å²) in [6.45, 7) is 5.15. The Balaban J connectivity index is 0.00000225. The van der Waals surface area contributed by atoms with E-state index in [1.54, 1.807) is 12.1 Å². The van der Waals surface area contributed by atoms with E-state index in [-0.39, 0.29) is 23.6 Å². The number of hydrogen-bond acceptors (Lipinski definition) is 4. The third-order valence-electron chi connectivity index (χ3n) is 4.17. The zero-order chi connectivity index (χ0) is 17.1. The number of nitrogens with one attached hydrogen (secondary N) is 1. The minimum Gasteiger partial charge on any atom is -0.507 e. The molecule has 0 radical (unpaired) electrons. The fraction of sp³-hybridized carbons (Fsp3) is 0.250. The Hall–Kier alpha value is -2.30. The molecule has 4 nitrogen and oxygen atoms in total. The third kappa shape index (κ3) is 3.55. The molecule has 5 heteroatoms. The van der Waals surface area contributed by atoms with Crippen molar-refractivity contribution >= 4 is 23.4 Å². The lowest BCUT2D eigenvalue weighted by atomic mass is 10.0. The lowest BCUT2D eigenvalue weighted by molar-refractivity contribution is 0.463. The monoisotopic (exact) mass is 359 g/mol. The Labute approximate surface area is 152 Å². The van der Waals surface area contributed by atoms with Crippen LogP contribution in [0.1, 0.15) is 25.0 Å². The highest BCUT2D eigenvalue weighted by Crippen LogP contribution is 2.31. The van der Waals surface area contributed by atoms with Gasteiger partial charge in [-0.2, -0.15) is 0 Å². The van der Waals surface area contributed by atoms with Gasteiger partial charge in [-0.3, -0.25) is 4.79 Å². The molecule has 0 fully saturated rings. The van der Waals surface area contributed by atoms with E-state index in [2.05, 4.69) is 5.32 Å². The van der Waals surface area contributed by atoms with Gasteiger partial charge in [-0.15, -0.1) is 12.4 Å². The highest BCUT2D eigenvalue weighted by atomic mass is 35.5. The van der Waals surface area contributed by atoms with Crippen molar-refractivity contribution in [2.24, 2.45) is 0 Å². The zero-order valence-corrected chi connectivity index (χ0v) is 15.2. The van der Waals surface area contributed by atoms with Crippen molar-refractivity contribution in [3.63, 3.8) is 0 Å². The van der Waals surface area contributed by atoms with Gasteiger partial charge in [0.1, 0.15) is 17.1 Å². The molecule has 2 N–H and O–H groups in total. The van der Waals surface area contributed by atoms with Gasteiger partial charge >= 0.3 is 0 Å². The molecule has 0 bridgehead atoms. The van der Waals surface area contributed by atoms with Crippen LogP contribution < -0.4 is 10.7 Å². The van der Waals surface area contributed by atoms with Crippen molar-refractivity contribution < 1.29 is 9.52 Å². The van der Waals surface area contributed by atoms with E-state index in [1.807, 2.05) is 44.2 Å². The summed E-state index contributed by atoms with van der Waals surface area (Å²) in [4.78, 5) is 12.9. The number of benzene rings is 2.